The molecule has 5 nitrogen and oxygen atoms in total. The largest absolute Gasteiger partial charge is 0.349 e. The highest BCUT2D eigenvalue weighted by atomic mass is 16.2. The molecule has 0 aromatic heterocycles. The molecule has 5 heteroatoms. The van der Waals surface area contributed by atoms with Crippen molar-refractivity contribution in [3.63, 3.8) is 0 Å². The lowest BCUT2D eigenvalue weighted by molar-refractivity contribution is -0.129. The Balaban J connectivity index is 2.41. The molecular weight excluding hydrogens is 228 g/mol. The van der Waals surface area contributed by atoms with Gasteiger partial charge in [-0.05, 0) is 33.0 Å². The minimum Gasteiger partial charge on any atom is -0.349 e. The van der Waals surface area contributed by atoms with Crippen LogP contribution >= 0.6 is 0 Å². The Labute approximate surface area is 111 Å². The van der Waals surface area contributed by atoms with Crippen LogP contribution in [0.3, 0.4) is 0 Å². The van der Waals surface area contributed by atoms with Crippen molar-refractivity contribution in [1.29, 1.82) is 0 Å². The number of likely N-dealkylation sites (tertiary alicyclic amines) is 1. The third kappa shape index (κ3) is 4.55. The van der Waals surface area contributed by atoms with Gasteiger partial charge in [-0.2, -0.15) is 0 Å². The number of nitrogens with zero attached hydrogens (tertiary/aromatic N) is 3. The molecular formula is C13H28N4O. The number of hydrogen-bond donors (Lipinski definition) is 1. The van der Waals surface area contributed by atoms with Crippen molar-refractivity contribution in [1.82, 2.24) is 14.7 Å². The summed E-state index contributed by atoms with van der Waals surface area (Å²) in [6.07, 6.45) is 1.77. The van der Waals surface area contributed by atoms with Crippen molar-refractivity contribution < 1.29 is 4.79 Å². The first-order valence-electron chi connectivity index (χ1n) is 6.73. The first-order chi connectivity index (χ1) is 8.43. The second-order valence-corrected chi connectivity index (χ2v) is 5.74. The van der Waals surface area contributed by atoms with Crippen LogP contribution in [-0.2, 0) is 4.79 Å². The highest BCUT2D eigenvalue weighted by molar-refractivity contribution is 5.76. The zero-order chi connectivity index (χ0) is 13.7. The van der Waals surface area contributed by atoms with Gasteiger partial charge in [-0.15, -0.1) is 0 Å². The van der Waals surface area contributed by atoms with E-state index in [-0.39, 0.29) is 11.9 Å². The van der Waals surface area contributed by atoms with Crippen LogP contribution in [0.15, 0.2) is 0 Å². The molecule has 1 fully saturated rings. The number of carbonyl (C=O) groups is 1. The highest BCUT2D eigenvalue weighted by Gasteiger charge is 2.24. The molecule has 0 aromatic carbocycles. The lowest BCUT2D eigenvalue weighted by Crippen LogP contribution is -2.43. The van der Waals surface area contributed by atoms with Crippen LogP contribution in [0.1, 0.15) is 12.8 Å². The van der Waals surface area contributed by atoms with Crippen molar-refractivity contribution in [3.8, 4) is 0 Å². The summed E-state index contributed by atoms with van der Waals surface area (Å²) in [7, 11) is 7.83. The highest BCUT2D eigenvalue weighted by Crippen LogP contribution is 2.16. The maximum Gasteiger partial charge on any atom is 0.223 e. The fourth-order valence-corrected chi connectivity index (χ4v) is 2.53. The number of hydrogen-bond acceptors (Lipinski definition) is 4. The lowest BCUT2D eigenvalue weighted by atomic mass is 10.1. The Morgan fingerprint density at radius 1 is 1.44 bits per heavy atom. The van der Waals surface area contributed by atoms with E-state index in [2.05, 4.69) is 23.9 Å². The Kier molecular flexibility index (Phi) is 6.05. The van der Waals surface area contributed by atoms with Gasteiger partial charge in [0.1, 0.15) is 0 Å². The molecule has 2 atom stereocenters. The SMILES string of the molecule is CN1CCC(CN(C)C(CN)CC(=O)N(C)C)C1. The maximum absolute atomic E-state index is 11.7. The van der Waals surface area contributed by atoms with Crippen LogP contribution in [0.25, 0.3) is 0 Å². The summed E-state index contributed by atoms with van der Waals surface area (Å²) in [5.74, 6) is 0.865. The van der Waals surface area contributed by atoms with Crippen LogP contribution in [0.5, 0.6) is 0 Å². The van der Waals surface area contributed by atoms with Gasteiger partial charge in [0.05, 0.1) is 0 Å². The summed E-state index contributed by atoms with van der Waals surface area (Å²) >= 11 is 0. The molecule has 0 spiro atoms. The summed E-state index contributed by atoms with van der Waals surface area (Å²) in [4.78, 5) is 18.0. The average molecular weight is 256 g/mol. The van der Waals surface area contributed by atoms with E-state index in [0.29, 0.717) is 18.9 Å². The minimum atomic E-state index is 0.154. The molecule has 1 amide bonds. The Morgan fingerprint density at radius 3 is 2.56 bits per heavy atom. The molecule has 106 valence electrons. The van der Waals surface area contributed by atoms with E-state index in [4.69, 9.17) is 5.73 Å². The predicted molar refractivity (Wildman–Crippen MR) is 74.4 cm³/mol. The van der Waals surface area contributed by atoms with Crippen LogP contribution in [0, 0.1) is 5.92 Å². The van der Waals surface area contributed by atoms with E-state index in [1.165, 1.54) is 13.0 Å². The van der Waals surface area contributed by atoms with Crippen molar-refractivity contribution in [2.45, 2.75) is 18.9 Å². The summed E-state index contributed by atoms with van der Waals surface area (Å²) in [5.41, 5.74) is 5.80. The van der Waals surface area contributed by atoms with Gasteiger partial charge >= 0.3 is 0 Å². The van der Waals surface area contributed by atoms with Gasteiger partial charge in [0.2, 0.25) is 5.91 Å². The maximum atomic E-state index is 11.7. The average Bonchev–Trinajstić information content (AvgIpc) is 2.70. The summed E-state index contributed by atoms with van der Waals surface area (Å²) in [6.45, 7) is 3.91. The van der Waals surface area contributed by atoms with Crippen LogP contribution < -0.4 is 5.73 Å². The molecule has 18 heavy (non-hydrogen) atoms. The van der Waals surface area contributed by atoms with E-state index in [9.17, 15) is 4.79 Å². The van der Waals surface area contributed by atoms with E-state index >= 15 is 0 Å². The third-order valence-corrected chi connectivity index (χ3v) is 3.84. The van der Waals surface area contributed by atoms with Gasteiger partial charge in [0.15, 0.2) is 0 Å². The number of carbonyl (C=O) groups excluding carboxylic acids is 1. The van der Waals surface area contributed by atoms with Crippen LogP contribution in [-0.4, -0.2) is 81.0 Å². The van der Waals surface area contributed by atoms with Crippen LogP contribution in [0.4, 0.5) is 0 Å². The Morgan fingerprint density at radius 2 is 2.11 bits per heavy atom. The molecule has 0 radical (unpaired) electrons. The van der Waals surface area contributed by atoms with Gasteiger partial charge in [-0.3, -0.25) is 4.79 Å². The topological polar surface area (TPSA) is 52.8 Å². The molecule has 1 aliphatic rings. The quantitative estimate of drug-likeness (QED) is 0.707. The van der Waals surface area contributed by atoms with Gasteiger partial charge in [0, 0.05) is 46.2 Å². The molecule has 2 unspecified atom stereocenters. The zero-order valence-electron chi connectivity index (χ0n) is 12.2. The summed E-state index contributed by atoms with van der Waals surface area (Å²) < 4.78 is 0. The van der Waals surface area contributed by atoms with Crippen molar-refractivity contribution in [3.05, 3.63) is 0 Å². The molecule has 2 N–H and O–H groups in total. The van der Waals surface area contributed by atoms with Gasteiger partial charge in [-0.1, -0.05) is 0 Å². The van der Waals surface area contributed by atoms with Gasteiger partial charge < -0.3 is 20.4 Å². The molecule has 1 saturated heterocycles. The van der Waals surface area contributed by atoms with Gasteiger partial charge in [0.25, 0.3) is 0 Å². The number of amides is 1. The van der Waals surface area contributed by atoms with Crippen molar-refractivity contribution in [2.75, 3.05) is 54.4 Å². The molecule has 0 aliphatic carbocycles. The molecule has 0 saturated carbocycles. The number of nitrogens with two attached hydrogens (primary N) is 1. The minimum absolute atomic E-state index is 0.154. The van der Waals surface area contributed by atoms with E-state index in [1.807, 2.05) is 0 Å². The van der Waals surface area contributed by atoms with E-state index in [1.54, 1.807) is 19.0 Å². The second kappa shape index (κ2) is 7.07. The lowest BCUT2D eigenvalue weighted by Gasteiger charge is -2.29. The molecule has 0 bridgehead atoms. The molecule has 1 heterocycles. The van der Waals surface area contributed by atoms with E-state index < -0.39 is 0 Å². The first kappa shape index (κ1) is 15.4. The van der Waals surface area contributed by atoms with Crippen molar-refractivity contribution in [2.24, 2.45) is 11.7 Å². The number of rotatable bonds is 6. The summed E-state index contributed by atoms with van der Waals surface area (Å²) in [6, 6.07) is 0.158. The number of likely N-dealkylation sites (N-methyl/N-ethyl adjacent to an activating group) is 1. The fraction of sp³-hybridized carbons (Fsp3) is 0.923. The molecule has 1 aliphatic heterocycles. The monoisotopic (exact) mass is 256 g/mol. The summed E-state index contributed by atoms with van der Waals surface area (Å²) in [5, 5.41) is 0. The molecule has 0 aromatic rings. The van der Waals surface area contributed by atoms with E-state index in [0.717, 1.165) is 13.1 Å². The predicted octanol–water partition coefficient (Wildman–Crippen LogP) is -0.324. The van der Waals surface area contributed by atoms with Crippen LogP contribution in [0.2, 0.25) is 0 Å². The fourth-order valence-electron chi connectivity index (χ4n) is 2.53. The molecule has 1 rings (SSSR count). The Hall–Kier alpha value is -0.650. The van der Waals surface area contributed by atoms with Crippen molar-refractivity contribution >= 4 is 5.91 Å². The van der Waals surface area contributed by atoms with Gasteiger partial charge in [-0.25, -0.2) is 0 Å². The third-order valence-electron chi connectivity index (χ3n) is 3.84. The normalized spacial score (nSPS) is 22.4. The first-order valence-corrected chi connectivity index (χ1v) is 6.73. The standard InChI is InChI=1S/C13H28N4O/c1-15(2)13(18)7-12(8-14)17(4)10-11-5-6-16(3)9-11/h11-12H,5-10,14H2,1-4H3. The zero-order valence-corrected chi connectivity index (χ0v) is 12.2. The second-order valence-electron chi connectivity index (χ2n) is 5.74. The smallest absolute Gasteiger partial charge is 0.223 e. The Bertz CT molecular complexity index is 270.